The summed E-state index contributed by atoms with van der Waals surface area (Å²) in [4.78, 5) is 14.4. The number of hydrogen-bond donors (Lipinski definition) is 0. The molecule has 0 N–H and O–H groups in total. The van der Waals surface area contributed by atoms with E-state index in [2.05, 4.69) is 0 Å². The lowest BCUT2D eigenvalue weighted by Crippen LogP contribution is -2.59. The number of benzene rings is 1. The zero-order valence-corrected chi connectivity index (χ0v) is 11.5. The summed E-state index contributed by atoms with van der Waals surface area (Å²) in [5, 5.41) is 0. The van der Waals surface area contributed by atoms with Crippen molar-refractivity contribution in [2.45, 2.75) is 18.9 Å². The fraction of sp³-hybridized carbons (Fsp3) is 0.533. The van der Waals surface area contributed by atoms with Crippen LogP contribution in [0.15, 0.2) is 18.2 Å². The van der Waals surface area contributed by atoms with Gasteiger partial charge in [0.2, 0.25) is 0 Å². The molecule has 3 rings (SSSR count). The molecular weight excluding hydrogens is 261 g/mol. The van der Waals surface area contributed by atoms with Gasteiger partial charge < -0.3 is 14.4 Å². The molecule has 1 spiro atoms. The number of carbonyl (C=O) groups excluding carboxylic acids is 1. The van der Waals surface area contributed by atoms with Gasteiger partial charge >= 0.3 is 0 Å². The van der Waals surface area contributed by atoms with Crippen molar-refractivity contribution in [1.29, 1.82) is 0 Å². The monoisotopic (exact) mass is 279 g/mol. The van der Waals surface area contributed by atoms with E-state index in [4.69, 9.17) is 9.47 Å². The molecule has 2 heterocycles. The largest absolute Gasteiger partial charge is 0.379 e. The molecule has 0 radical (unpaired) electrons. The van der Waals surface area contributed by atoms with Crippen molar-refractivity contribution in [2.24, 2.45) is 0 Å². The van der Waals surface area contributed by atoms with Crippen molar-refractivity contribution >= 4 is 5.91 Å². The first kappa shape index (κ1) is 13.5. The third-order valence-corrected chi connectivity index (χ3v) is 4.08. The summed E-state index contributed by atoms with van der Waals surface area (Å²) in [7, 11) is 0. The Bertz CT molecular complexity index is 526. The summed E-state index contributed by atoms with van der Waals surface area (Å²) < 4.78 is 24.9. The zero-order valence-electron chi connectivity index (χ0n) is 11.5. The fourth-order valence-corrected chi connectivity index (χ4v) is 2.92. The topological polar surface area (TPSA) is 38.8 Å². The Labute approximate surface area is 117 Å². The van der Waals surface area contributed by atoms with Gasteiger partial charge in [-0.1, -0.05) is 11.6 Å². The van der Waals surface area contributed by atoms with Gasteiger partial charge in [-0.15, -0.1) is 0 Å². The Morgan fingerprint density at radius 1 is 1.30 bits per heavy atom. The minimum Gasteiger partial charge on any atom is -0.379 e. The maximum absolute atomic E-state index is 13.9. The molecule has 2 aliphatic heterocycles. The molecule has 2 aliphatic rings. The van der Waals surface area contributed by atoms with Gasteiger partial charge in [-0.25, -0.2) is 4.39 Å². The van der Waals surface area contributed by atoms with Gasteiger partial charge in [-0.05, 0) is 25.5 Å². The minimum absolute atomic E-state index is 0.137. The first-order valence-electron chi connectivity index (χ1n) is 6.86. The Kier molecular flexibility index (Phi) is 3.48. The van der Waals surface area contributed by atoms with Crippen molar-refractivity contribution in [2.75, 3.05) is 33.0 Å². The summed E-state index contributed by atoms with van der Waals surface area (Å²) in [6.45, 7) is 4.36. The van der Waals surface area contributed by atoms with Gasteiger partial charge in [0, 0.05) is 13.2 Å². The number of ether oxygens (including phenoxy) is 2. The molecule has 0 aliphatic carbocycles. The highest BCUT2D eigenvalue weighted by atomic mass is 19.1. The average Bonchev–Trinajstić information content (AvgIpc) is 2.90. The molecule has 2 fully saturated rings. The molecule has 1 amide bonds. The van der Waals surface area contributed by atoms with Crippen molar-refractivity contribution in [3.05, 3.63) is 35.1 Å². The van der Waals surface area contributed by atoms with E-state index in [1.807, 2.05) is 6.92 Å². The lowest BCUT2D eigenvalue weighted by Gasteiger charge is -2.43. The van der Waals surface area contributed by atoms with Gasteiger partial charge in [-0.3, -0.25) is 4.79 Å². The summed E-state index contributed by atoms with van der Waals surface area (Å²) in [5.74, 6) is -0.735. The number of nitrogens with zero attached hydrogens (tertiary/aromatic N) is 1. The van der Waals surface area contributed by atoms with Crippen LogP contribution in [0.25, 0.3) is 0 Å². The lowest BCUT2D eigenvalue weighted by molar-refractivity contribution is -0.0552. The maximum atomic E-state index is 13.9. The van der Waals surface area contributed by atoms with Crippen LogP contribution in [0.5, 0.6) is 0 Å². The van der Waals surface area contributed by atoms with E-state index >= 15 is 0 Å². The molecule has 108 valence electrons. The fourth-order valence-electron chi connectivity index (χ4n) is 2.92. The smallest absolute Gasteiger partial charge is 0.257 e. The van der Waals surface area contributed by atoms with Crippen LogP contribution in [0.2, 0.25) is 0 Å². The number of aryl methyl sites for hydroxylation is 1. The Hall–Kier alpha value is -1.46. The number of hydrogen-bond acceptors (Lipinski definition) is 3. The van der Waals surface area contributed by atoms with Crippen LogP contribution < -0.4 is 0 Å². The van der Waals surface area contributed by atoms with E-state index in [9.17, 15) is 9.18 Å². The Morgan fingerprint density at radius 3 is 2.80 bits per heavy atom. The predicted octanol–water partition coefficient (Wildman–Crippen LogP) is 1.77. The summed E-state index contributed by atoms with van der Waals surface area (Å²) >= 11 is 0. The molecule has 0 aromatic heterocycles. The van der Waals surface area contributed by atoms with Crippen molar-refractivity contribution in [3.8, 4) is 0 Å². The van der Waals surface area contributed by atoms with Crippen LogP contribution in [-0.4, -0.2) is 49.3 Å². The molecule has 0 bridgehead atoms. The molecular formula is C15H18FNO3. The third kappa shape index (κ3) is 2.21. The average molecular weight is 279 g/mol. The van der Waals surface area contributed by atoms with E-state index in [0.717, 1.165) is 12.0 Å². The standard InChI is InChI=1S/C15H18FNO3/c1-11-2-3-13(16)12(8-11)14(18)17-5-7-20-10-15(17)4-6-19-9-15/h2-3,8H,4-7,9-10H2,1H3. The van der Waals surface area contributed by atoms with Gasteiger partial charge in [-0.2, -0.15) is 0 Å². The minimum atomic E-state index is -0.471. The normalized spacial score (nSPS) is 26.2. The second kappa shape index (κ2) is 5.14. The number of halogens is 1. The van der Waals surface area contributed by atoms with E-state index < -0.39 is 11.4 Å². The first-order valence-corrected chi connectivity index (χ1v) is 6.86. The van der Waals surface area contributed by atoms with Gasteiger partial charge in [0.05, 0.1) is 30.9 Å². The lowest BCUT2D eigenvalue weighted by atomic mass is 9.94. The van der Waals surface area contributed by atoms with E-state index in [1.54, 1.807) is 17.0 Å². The molecule has 1 aromatic rings. The Balaban J connectivity index is 1.93. The van der Waals surface area contributed by atoms with Gasteiger partial charge in [0.15, 0.2) is 0 Å². The predicted molar refractivity (Wildman–Crippen MR) is 71.2 cm³/mol. The van der Waals surface area contributed by atoms with Crippen LogP contribution in [0.1, 0.15) is 22.3 Å². The molecule has 2 saturated heterocycles. The molecule has 20 heavy (non-hydrogen) atoms. The van der Waals surface area contributed by atoms with E-state index in [-0.39, 0.29) is 11.5 Å². The molecule has 1 unspecified atom stereocenters. The highest BCUT2D eigenvalue weighted by Crippen LogP contribution is 2.31. The number of morpholine rings is 1. The van der Waals surface area contributed by atoms with Crippen molar-refractivity contribution in [1.82, 2.24) is 4.90 Å². The maximum Gasteiger partial charge on any atom is 0.257 e. The number of rotatable bonds is 1. The highest BCUT2D eigenvalue weighted by molar-refractivity contribution is 5.95. The number of carbonyl (C=O) groups is 1. The first-order chi connectivity index (χ1) is 9.62. The van der Waals surface area contributed by atoms with Crippen LogP contribution in [0, 0.1) is 12.7 Å². The van der Waals surface area contributed by atoms with E-state index in [1.165, 1.54) is 6.07 Å². The molecule has 5 heteroatoms. The Morgan fingerprint density at radius 2 is 2.05 bits per heavy atom. The summed E-state index contributed by atoms with van der Waals surface area (Å²) in [5.41, 5.74) is 0.587. The van der Waals surface area contributed by atoms with Crippen LogP contribution >= 0.6 is 0 Å². The molecule has 4 nitrogen and oxygen atoms in total. The summed E-state index contributed by atoms with van der Waals surface area (Å²) in [6, 6.07) is 4.62. The highest BCUT2D eigenvalue weighted by Gasteiger charge is 2.46. The van der Waals surface area contributed by atoms with Crippen molar-refractivity contribution < 1.29 is 18.7 Å². The molecule has 1 aromatic carbocycles. The molecule has 1 atom stereocenters. The van der Waals surface area contributed by atoms with Gasteiger partial charge in [0.1, 0.15) is 5.82 Å². The molecule has 0 saturated carbocycles. The second-order valence-corrected chi connectivity index (χ2v) is 5.52. The van der Waals surface area contributed by atoms with Crippen LogP contribution in [-0.2, 0) is 9.47 Å². The van der Waals surface area contributed by atoms with Gasteiger partial charge in [0.25, 0.3) is 5.91 Å². The number of amides is 1. The quantitative estimate of drug-likeness (QED) is 0.786. The van der Waals surface area contributed by atoms with Crippen LogP contribution in [0.3, 0.4) is 0 Å². The third-order valence-electron chi connectivity index (χ3n) is 4.08. The SMILES string of the molecule is Cc1ccc(F)c(C(=O)N2CCOCC23CCOC3)c1. The second-order valence-electron chi connectivity index (χ2n) is 5.52. The zero-order chi connectivity index (χ0) is 14.2. The van der Waals surface area contributed by atoms with Crippen molar-refractivity contribution in [3.63, 3.8) is 0 Å². The van der Waals surface area contributed by atoms with Crippen LogP contribution in [0.4, 0.5) is 4.39 Å². The van der Waals surface area contributed by atoms with E-state index in [0.29, 0.717) is 33.0 Å². The summed E-state index contributed by atoms with van der Waals surface area (Å²) in [6.07, 6.45) is 0.742.